The molecule has 0 aliphatic heterocycles. The Labute approximate surface area is 231 Å². The first-order valence-electron chi connectivity index (χ1n) is 15.4. The van der Waals surface area contributed by atoms with Crippen LogP contribution < -0.4 is 0 Å². The normalized spacial score (nSPS) is 39.3. The molecule has 0 radical (unpaired) electrons. The van der Waals surface area contributed by atoms with E-state index >= 15 is 0 Å². The van der Waals surface area contributed by atoms with E-state index in [9.17, 15) is 18.6 Å². The minimum absolute atomic E-state index is 0.261. The van der Waals surface area contributed by atoms with Crippen LogP contribution >= 0.6 is 0 Å². The molecule has 4 aliphatic rings. The summed E-state index contributed by atoms with van der Waals surface area (Å²) in [5, 5.41) is 20.6. The van der Waals surface area contributed by atoms with E-state index < -0.39 is 26.8 Å². The van der Waals surface area contributed by atoms with Crippen LogP contribution in [-0.4, -0.2) is 35.6 Å². The molecular formula is C33H50O4S. The minimum atomic E-state index is -3.50. The topological polar surface area (TPSA) is 74.6 Å². The highest BCUT2D eigenvalue weighted by molar-refractivity contribution is 7.92. The van der Waals surface area contributed by atoms with Gasteiger partial charge in [-0.25, -0.2) is 8.42 Å². The van der Waals surface area contributed by atoms with Gasteiger partial charge < -0.3 is 10.2 Å². The van der Waals surface area contributed by atoms with Gasteiger partial charge in [0.15, 0.2) is 9.84 Å². The maximum Gasteiger partial charge on any atom is 0.181 e. The fourth-order valence-electron chi connectivity index (χ4n) is 9.75. The van der Waals surface area contributed by atoms with E-state index in [1.807, 2.05) is 6.07 Å². The molecule has 0 aromatic heterocycles. The van der Waals surface area contributed by atoms with Crippen molar-refractivity contribution < 1.29 is 18.6 Å². The van der Waals surface area contributed by atoms with Crippen LogP contribution in [0.2, 0.25) is 0 Å². The quantitative estimate of drug-likeness (QED) is 0.348. The number of rotatable bonds is 8. The van der Waals surface area contributed by atoms with Crippen molar-refractivity contribution in [3.63, 3.8) is 0 Å². The van der Waals surface area contributed by atoms with Crippen molar-refractivity contribution in [2.45, 2.75) is 120 Å². The number of allylic oxidation sites excluding steroid dienone is 1. The Morgan fingerprint density at radius 2 is 1.74 bits per heavy atom. The van der Waals surface area contributed by atoms with E-state index in [1.165, 1.54) is 25.7 Å². The molecule has 212 valence electrons. The first kappa shape index (κ1) is 28.4. The minimum Gasteiger partial charge on any atom is -0.393 e. The molecule has 5 rings (SSSR count). The molecule has 1 aromatic carbocycles. The molecule has 38 heavy (non-hydrogen) atoms. The van der Waals surface area contributed by atoms with Gasteiger partial charge in [-0.2, -0.15) is 0 Å². The van der Waals surface area contributed by atoms with Gasteiger partial charge >= 0.3 is 0 Å². The molecule has 0 amide bonds. The van der Waals surface area contributed by atoms with Crippen LogP contribution in [-0.2, 0) is 9.84 Å². The third-order valence-electron chi connectivity index (χ3n) is 11.8. The highest BCUT2D eigenvalue weighted by atomic mass is 32.2. The molecule has 3 saturated carbocycles. The lowest BCUT2D eigenvalue weighted by molar-refractivity contribution is -0.0460. The van der Waals surface area contributed by atoms with Crippen molar-refractivity contribution in [3.05, 3.63) is 42.0 Å². The first-order chi connectivity index (χ1) is 18.0. The number of aliphatic hydroxyl groups is 2. The van der Waals surface area contributed by atoms with Gasteiger partial charge in [0.05, 0.1) is 21.9 Å². The van der Waals surface area contributed by atoms with E-state index in [0.29, 0.717) is 41.4 Å². The summed E-state index contributed by atoms with van der Waals surface area (Å²) in [7, 11) is -3.50. The number of hydrogen-bond acceptors (Lipinski definition) is 4. The SMILES string of the molecule is CC[C@]1(O)CC[C@H]2C(=CC[C@@H]3[C@@H]2CC[C@]2(C)[C@@H]([C@H](C)CC(C[C@@H](C)O)S(=O)(=O)c4ccccc4)CC[C@@H]32)C1. The number of aliphatic hydroxyl groups excluding tert-OH is 1. The maximum absolute atomic E-state index is 13.6. The zero-order valence-corrected chi connectivity index (χ0v) is 24.8. The van der Waals surface area contributed by atoms with Gasteiger partial charge in [0.1, 0.15) is 0 Å². The molecule has 0 spiro atoms. The molecule has 4 aliphatic carbocycles. The summed E-state index contributed by atoms with van der Waals surface area (Å²) in [6.07, 6.45) is 12.7. The predicted molar refractivity (Wildman–Crippen MR) is 153 cm³/mol. The average molecular weight is 543 g/mol. The highest BCUT2D eigenvalue weighted by Crippen LogP contribution is 2.65. The van der Waals surface area contributed by atoms with Crippen LogP contribution in [0.5, 0.6) is 0 Å². The van der Waals surface area contributed by atoms with Gasteiger partial charge in [-0.15, -0.1) is 0 Å². The monoisotopic (exact) mass is 542 g/mol. The van der Waals surface area contributed by atoms with Crippen molar-refractivity contribution in [1.82, 2.24) is 0 Å². The zero-order chi connectivity index (χ0) is 27.3. The first-order valence-corrected chi connectivity index (χ1v) is 16.9. The van der Waals surface area contributed by atoms with Crippen LogP contribution in [0.1, 0.15) is 98.3 Å². The lowest BCUT2D eigenvalue weighted by atomic mass is 9.50. The molecule has 3 fully saturated rings. The van der Waals surface area contributed by atoms with Gasteiger partial charge in [-0.3, -0.25) is 0 Å². The third kappa shape index (κ3) is 5.05. The van der Waals surface area contributed by atoms with Crippen LogP contribution in [0, 0.1) is 40.9 Å². The number of benzene rings is 1. The van der Waals surface area contributed by atoms with Crippen molar-refractivity contribution in [3.8, 4) is 0 Å². The molecule has 0 heterocycles. The van der Waals surface area contributed by atoms with Gasteiger partial charge in [0.2, 0.25) is 0 Å². The molecule has 4 nitrogen and oxygen atoms in total. The molecular weight excluding hydrogens is 492 g/mol. The van der Waals surface area contributed by atoms with Gasteiger partial charge in [0.25, 0.3) is 0 Å². The molecule has 0 bridgehead atoms. The Hall–Kier alpha value is -1.17. The maximum atomic E-state index is 13.6. The molecule has 2 N–H and O–H groups in total. The smallest absolute Gasteiger partial charge is 0.181 e. The summed E-state index contributed by atoms with van der Waals surface area (Å²) >= 11 is 0. The highest BCUT2D eigenvalue weighted by Gasteiger charge is 2.57. The Balaban J connectivity index is 1.33. The Kier molecular flexibility index (Phi) is 7.96. The van der Waals surface area contributed by atoms with Crippen molar-refractivity contribution in [2.75, 3.05) is 0 Å². The van der Waals surface area contributed by atoms with Gasteiger partial charge in [-0.1, -0.05) is 50.6 Å². The largest absolute Gasteiger partial charge is 0.393 e. The number of hydrogen-bond donors (Lipinski definition) is 2. The van der Waals surface area contributed by atoms with Crippen molar-refractivity contribution in [1.29, 1.82) is 0 Å². The standard InChI is InChI=1S/C33H50O4S/c1-5-33(35)18-16-27-24(21-33)11-12-29-28(27)15-17-32(4)30(13-14-31(29)32)22(2)19-26(20-23(3)34)38(36,37)25-9-7-6-8-10-25/h6-11,22-23,26-31,34-35H,5,12-21H2,1-4H3/t22-,23-,26?,27+,28-,29-,30-,31+,32-,33+/m1/s1. The van der Waals surface area contributed by atoms with E-state index in [2.05, 4.69) is 26.8 Å². The van der Waals surface area contributed by atoms with E-state index in [0.717, 1.165) is 43.9 Å². The fourth-order valence-corrected chi connectivity index (χ4v) is 11.8. The van der Waals surface area contributed by atoms with E-state index in [4.69, 9.17) is 0 Å². The molecule has 0 saturated heterocycles. The van der Waals surface area contributed by atoms with E-state index in [-0.39, 0.29) is 5.41 Å². The van der Waals surface area contributed by atoms with Crippen molar-refractivity contribution >= 4 is 9.84 Å². The third-order valence-corrected chi connectivity index (χ3v) is 14.0. The summed E-state index contributed by atoms with van der Waals surface area (Å²) in [5.74, 6) is 3.68. The Bertz CT molecular complexity index is 1110. The average Bonchev–Trinajstić information content (AvgIpc) is 3.25. The predicted octanol–water partition coefficient (Wildman–Crippen LogP) is 6.96. The summed E-state index contributed by atoms with van der Waals surface area (Å²) in [6, 6.07) is 8.81. The second kappa shape index (κ2) is 10.7. The van der Waals surface area contributed by atoms with Crippen LogP contribution in [0.25, 0.3) is 0 Å². The number of sulfone groups is 1. The molecule has 10 atom stereocenters. The fraction of sp³-hybridized carbons (Fsp3) is 0.758. The summed E-state index contributed by atoms with van der Waals surface area (Å²) < 4.78 is 27.3. The van der Waals surface area contributed by atoms with Crippen LogP contribution in [0.4, 0.5) is 0 Å². The molecule has 1 unspecified atom stereocenters. The Morgan fingerprint density at radius 1 is 1.00 bits per heavy atom. The lowest BCUT2D eigenvalue weighted by Crippen LogP contribution is -2.48. The summed E-state index contributed by atoms with van der Waals surface area (Å²) in [6.45, 7) is 8.64. The van der Waals surface area contributed by atoms with Gasteiger partial charge in [-0.05, 0) is 131 Å². The zero-order valence-electron chi connectivity index (χ0n) is 24.0. The van der Waals surface area contributed by atoms with E-state index in [1.54, 1.807) is 36.8 Å². The van der Waals surface area contributed by atoms with Crippen LogP contribution in [0.3, 0.4) is 0 Å². The second-order valence-electron chi connectivity index (χ2n) is 13.9. The van der Waals surface area contributed by atoms with Gasteiger partial charge in [0, 0.05) is 0 Å². The lowest BCUT2D eigenvalue weighted by Gasteiger charge is -2.55. The number of fused-ring (bicyclic) bond motifs is 5. The molecule has 1 aromatic rings. The van der Waals surface area contributed by atoms with Crippen LogP contribution in [0.15, 0.2) is 46.9 Å². The molecule has 5 heteroatoms. The second-order valence-corrected chi connectivity index (χ2v) is 16.1. The summed E-state index contributed by atoms with van der Waals surface area (Å²) in [5.41, 5.74) is 1.31. The Morgan fingerprint density at radius 3 is 2.42 bits per heavy atom. The van der Waals surface area contributed by atoms with Crippen molar-refractivity contribution in [2.24, 2.45) is 40.9 Å². The summed E-state index contributed by atoms with van der Waals surface area (Å²) in [4.78, 5) is 0.376.